The molecule has 1 N–H and O–H groups in total. The molecule has 22 heavy (non-hydrogen) atoms. The van der Waals surface area contributed by atoms with Crippen molar-refractivity contribution in [1.29, 1.82) is 0 Å². The lowest BCUT2D eigenvalue weighted by Gasteiger charge is -2.27. The Kier molecular flexibility index (Phi) is 5.61. The molecule has 0 aliphatic carbocycles. The van der Waals surface area contributed by atoms with E-state index in [1.165, 1.54) is 11.1 Å². The Morgan fingerprint density at radius 3 is 2.64 bits per heavy atom. The lowest BCUT2D eigenvalue weighted by Crippen LogP contribution is -2.44. The second-order valence-electron chi connectivity index (χ2n) is 5.90. The second kappa shape index (κ2) is 7.66. The van der Waals surface area contributed by atoms with Crippen molar-refractivity contribution in [1.82, 2.24) is 10.2 Å². The summed E-state index contributed by atoms with van der Waals surface area (Å²) in [6.45, 7) is 9.28. The number of fused-ring (bicyclic) bond motifs is 1. The zero-order chi connectivity index (χ0) is 15.4. The number of halogens is 1. The highest BCUT2D eigenvalue weighted by molar-refractivity contribution is 9.10. The summed E-state index contributed by atoms with van der Waals surface area (Å²) in [5.74, 6) is 1.85. The van der Waals surface area contributed by atoms with E-state index in [0.717, 1.165) is 81.2 Å². The van der Waals surface area contributed by atoms with Gasteiger partial charge in [0.15, 0.2) is 11.5 Å². The van der Waals surface area contributed by atoms with Crippen LogP contribution in [0.15, 0.2) is 10.5 Å². The predicted molar refractivity (Wildman–Crippen MR) is 92.1 cm³/mol. The number of benzene rings is 1. The van der Waals surface area contributed by atoms with Crippen LogP contribution in [0.1, 0.15) is 24.5 Å². The van der Waals surface area contributed by atoms with Crippen molar-refractivity contribution >= 4 is 15.9 Å². The van der Waals surface area contributed by atoms with Crippen LogP contribution in [0.4, 0.5) is 0 Å². The van der Waals surface area contributed by atoms with Crippen molar-refractivity contribution < 1.29 is 9.47 Å². The summed E-state index contributed by atoms with van der Waals surface area (Å²) < 4.78 is 12.9. The summed E-state index contributed by atoms with van der Waals surface area (Å²) in [5.41, 5.74) is 2.70. The van der Waals surface area contributed by atoms with Crippen LogP contribution in [-0.2, 0) is 12.8 Å². The highest BCUT2D eigenvalue weighted by atomic mass is 79.9. The number of hydrogen-bond acceptors (Lipinski definition) is 4. The fourth-order valence-electron chi connectivity index (χ4n) is 3.22. The Hall–Kier alpha value is -0.780. The molecule has 2 heterocycles. The molecule has 2 aliphatic heterocycles. The molecule has 0 spiro atoms. The maximum Gasteiger partial charge on any atom is 0.175 e. The van der Waals surface area contributed by atoms with Crippen LogP contribution in [0.3, 0.4) is 0 Å². The van der Waals surface area contributed by atoms with E-state index in [1.807, 2.05) is 0 Å². The molecule has 0 unspecified atom stereocenters. The van der Waals surface area contributed by atoms with Crippen LogP contribution in [-0.4, -0.2) is 50.8 Å². The number of nitrogens with zero attached hydrogens (tertiary/aromatic N) is 1. The Labute approximate surface area is 141 Å². The number of ether oxygens (including phenoxy) is 2. The quantitative estimate of drug-likeness (QED) is 0.885. The van der Waals surface area contributed by atoms with Gasteiger partial charge < -0.3 is 19.7 Å². The zero-order valence-corrected chi connectivity index (χ0v) is 14.9. The van der Waals surface area contributed by atoms with Crippen LogP contribution in [0.25, 0.3) is 0 Å². The Morgan fingerprint density at radius 1 is 1.18 bits per heavy atom. The van der Waals surface area contributed by atoms with Gasteiger partial charge in [0, 0.05) is 44.7 Å². The first-order valence-corrected chi connectivity index (χ1v) is 9.11. The third-order valence-corrected chi connectivity index (χ3v) is 5.02. The molecule has 0 radical (unpaired) electrons. The van der Waals surface area contributed by atoms with Crippen molar-refractivity contribution in [3.63, 3.8) is 0 Å². The molecule has 0 saturated carbocycles. The van der Waals surface area contributed by atoms with E-state index in [1.54, 1.807) is 0 Å². The van der Waals surface area contributed by atoms with Crippen LogP contribution in [0.5, 0.6) is 11.5 Å². The summed E-state index contributed by atoms with van der Waals surface area (Å²) in [5, 5.41) is 3.41. The Balaban J connectivity index is 1.80. The molecule has 5 heteroatoms. The first-order valence-electron chi connectivity index (χ1n) is 8.32. The summed E-state index contributed by atoms with van der Waals surface area (Å²) >= 11 is 3.67. The monoisotopic (exact) mass is 368 g/mol. The molecule has 0 aromatic heterocycles. The van der Waals surface area contributed by atoms with Gasteiger partial charge in [-0.2, -0.15) is 0 Å². The molecule has 1 fully saturated rings. The Bertz CT molecular complexity index is 516. The molecule has 122 valence electrons. The van der Waals surface area contributed by atoms with Crippen molar-refractivity contribution in [3.8, 4) is 11.5 Å². The van der Waals surface area contributed by atoms with Crippen molar-refractivity contribution in [2.75, 3.05) is 45.9 Å². The lowest BCUT2D eigenvalue weighted by molar-refractivity contribution is 0.243. The first kappa shape index (κ1) is 16.1. The van der Waals surface area contributed by atoms with E-state index < -0.39 is 0 Å². The first-order chi connectivity index (χ1) is 10.8. The van der Waals surface area contributed by atoms with Crippen molar-refractivity contribution in [3.05, 3.63) is 21.7 Å². The number of piperazine rings is 1. The summed E-state index contributed by atoms with van der Waals surface area (Å²) in [6.07, 6.45) is 2.99. The van der Waals surface area contributed by atoms with E-state index in [4.69, 9.17) is 9.47 Å². The minimum absolute atomic E-state index is 0.731. The molecule has 2 aliphatic rings. The third kappa shape index (κ3) is 3.58. The lowest BCUT2D eigenvalue weighted by atomic mass is 10.00. The van der Waals surface area contributed by atoms with E-state index in [0.29, 0.717) is 0 Å². The van der Waals surface area contributed by atoms with Crippen LogP contribution in [0.2, 0.25) is 0 Å². The topological polar surface area (TPSA) is 33.7 Å². The molecule has 0 amide bonds. The molecule has 0 bridgehead atoms. The largest absolute Gasteiger partial charge is 0.489 e. The number of rotatable bonds is 4. The van der Waals surface area contributed by atoms with Gasteiger partial charge in [0.25, 0.3) is 0 Å². The molecule has 1 aromatic carbocycles. The van der Waals surface area contributed by atoms with Gasteiger partial charge >= 0.3 is 0 Å². The minimum atomic E-state index is 0.731. The third-order valence-electron chi connectivity index (χ3n) is 4.43. The fraction of sp³-hybridized carbons (Fsp3) is 0.647. The van der Waals surface area contributed by atoms with Gasteiger partial charge in [0.2, 0.25) is 0 Å². The normalized spacial score (nSPS) is 19.0. The number of hydrogen-bond donors (Lipinski definition) is 1. The van der Waals surface area contributed by atoms with Gasteiger partial charge in [0.1, 0.15) is 0 Å². The molecule has 0 atom stereocenters. The smallest absolute Gasteiger partial charge is 0.175 e. The average Bonchev–Trinajstić information content (AvgIpc) is 2.80. The summed E-state index contributed by atoms with van der Waals surface area (Å²) in [6, 6.07) is 2.23. The molecular weight excluding hydrogens is 344 g/mol. The summed E-state index contributed by atoms with van der Waals surface area (Å²) in [4.78, 5) is 2.53. The molecule has 1 saturated heterocycles. The molecule has 4 nitrogen and oxygen atoms in total. The van der Waals surface area contributed by atoms with Crippen LogP contribution in [0, 0.1) is 0 Å². The molecule has 1 aromatic rings. The van der Waals surface area contributed by atoms with E-state index >= 15 is 0 Å². The number of nitrogens with one attached hydrogen (secondary N) is 1. The van der Waals surface area contributed by atoms with Gasteiger partial charge in [-0.25, -0.2) is 0 Å². The predicted octanol–water partition coefficient (Wildman–Crippen LogP) is 2.62. The SMILES string of the molecule is CCc1c(CCN2CCNCC2)cc(Br)c2c1OCCCO2. The van der Waals surface area contributed by atoms with E-state index in [-0.39, 0.29) is 0 Å². The maximum absolute atomic E-state index is 6.01. The van der Waals surface area contributed by atoms with Crippen molar-refractivity contribution in [2.24, 2.45) is 0 Å². The minimum Gasteiger partial charge on any atom is -0.489 e. The molecular formula is C17H25BrN2O2. The van der Waals surface area contributed by atoms with Crippen LogP contribution >= 0.6 is 15.9 Å². The maximum atomic E-state index is 6.01. The Morgan fingerprint density at radius 2 is 1.91 bits per heavy atom. The highest BCUT2D eigenvalue weighted by Crippen LogP contribution is 2.42. The highest BCUT2D eigenvalue weighted by Gasteiger charge is 2.21. The van der Waals surface area contributed by atoms with E-state index in [9.17, 15) is 0 Å². The molecule has 3 rings (SSSR count). The van der Waals surface area contributed by atoms with Gasteiger partial charge in [0.05, 0.1) is 17.7 Å². The van der Waals surface area contributed by atoms with Gasteiger partial charge in [-0.05, 0) is 40.4 Å². The average molecular weight is 369 g/mol. The van der Waals surface area contributed by atoms with Crippen molar-refractivity contribution in [2.45, 2.75) is 26.2 Å². The van der Waals surface area contributed by atoms with E-state index in [2.05, 4.69) is 39.1 Å². The van der Waals surface area contributed by atoms with Gasteiger partial charge in [-0.1, -0.05) is 6.92 Å². The fourth-order valence-corrected chi connectivity index (χ4v) is 3.79. The summed E-state index contributed by atoms with van der Waals surface area (Å²) in [7, 11) is 0. The second-order valence-corrected chi connectivity index (χ2v) is 6.75. The van der Waals surface area contributed by atoms with Gasteiger partial charge in [-0.15, -0.1) is 0 Å². The standard InChI is InChI=1S/C17H25BrN2O2/c1-2-14-13(4-7-20-8-5-19-6-9-20)12-15(18)17-16(14)21-10-3-11-22-17/h12,19H,2-11H2,1H3. The van der Waals surface area contributed by atoms with Crippen LogP contribution < -0.4 is 14.8 Å². The zero-order valence-electron chi connectivity index (χ0n) is 13.3. The van der Waals surface area contributed by atoms with Gasteiger partial charge in [-0.3, -0.25) is 0 Å².